The second-order valence-corrected chi connectivity index (χ2v) is 7.16. The fraction of sp³-hybridized carbons (Fsp3) is 0.368. The molecule has 0 radical (unpaired) electrons. The van der Waals surface area contributed by atoms with E-state index in [1.807, 2.05) is 6.92 Å². The van der Waals surface area contributed by atoms with Gasteiger partial charge in [0, 0.05) is 49.0 Å². The Morgan fingerprint density at radius 2 is 2.00 bits per heavy atom. The van der Waals surface area contributed by atoms with E-state index < -0.39 is 0 Å². The molecule has 0 aliphatic rings. The maximum Gasteiger partial charge on any atom is 0.190 e. The summed E-state index contributed by atoms with van der Waals surface area (Å²) in [6.45, 7) is 5.84. The van der Waals surface area contributed by atoms with Crippen molar-refractivity contribution in [3.63, 3.8) is 0 Å². The summed E-state index contributed by atoms with van der Waals surface area (Å²) in [5.74, 6) is 0.836. The topological polar surface area (TPSA) is 65.1 Å². The van der Waals surface area contributed by atoms with Crippen molar-refractivity contribution >= 4 is 28.2 Å². The zero-order valence-corrected chi connectivity index (χ0v) is 15.8. The minimum Gasteiger partial charge on any atom is -0.361 e. The van der Waals surface area contributed by atoms with Crippen LogP contribution in [0.3, 0.4) is 0 Å². The average molecular weight is 356 g/mol. The summed E-state index contributed by atoms with van der Waals surface area (Å²) < 4.78 is 0. The van der Waals surface area contributed by atoms with Crippen LogP contribution in [0.15, 0.2) is 34.8 Å². The summed E-state index contributed by atoms with van der Waals surface area (Å²) >= 11 is 1.70. The highest BCUT2D eigenvalue weighted by molar-refractivity contribution is 7.09. The average Bonchev–Trinajstić information content (AvgIpc) is 3.21. The van der Waals surface area contributed by atoms with Gasteiger partial charge in [0.2, 0.25) is 0 Å². The van der Waals surface area contributed by atoms with Crippen LogP contribution in [0.25, 0.3) is 10.9 Å². The van der Waals surface area contributed by atoms with Gasteiger partial charge in [0.05, 0.1) is 10.7 Å². The molecule has 0 saturated heterocycles. The molecule has 0 atom stereocenters. The first kappa shape index (κ1) is 17.5. The smallest absolute Gasteiger partial charge is 0.190 e. The van der Waals surface area contributed by atoms with E-state index in [9.17, 15) is 0 Å². The van der Waals surface area contributed by atoms with E-state index in [4.69, 9.17) is 0 Å². The summed E-state index contributed by atoms with van der Waals surface area (Å²) in [7, 11) is 1.80. The van der Waals surface area contributed by atoms with Crippen LogP contribution in [-0.2, 0) is 12.8 Å². The number of guanidine groups is 1. The van der Waals surface area contributed by atoms with Gasteiger partial charge in [0.15, 0.2) is 5.96 Å². The number of hydrogen-bond donors (Lipinski definition) is 3. The van der Waals surface area contributed by atoms with Crippen molar-refractivity contribution in [1.29, 1.82) is 0 Å². The van der Waals surface area contributed by atoms with Crippen LogP contribution in [0.1, 0.15) is 21.8 Å². The Labute approximate surface area is 152 Å². The summed E-state index contributed by atoms with van der Waals surface area (Å²) in [5.41, 5.74) is 4.99. The SMILES string of the molecule is CN=C(NCCc1csc(C)n1)NCCc1c[nH]c2c(C)cccc12. The molecule has 2 heterocycles. The Morgan fingerprint density at radius 3 is 2.72 bits per heavy atom. The molecule has 5 nitrogen and oxygen atoms in total. The van der Waals surface area contributed by atoms with Crippen molar-refractivity contribution in [2.75, 3.05) is 20.1 Å². The van der Waals surface area contributed by atoms with Crippen molar-refractivity contribution in [2.24, 2.45) is 4.99 Å². The number of fused-ring (bicyclic) bond motifs is 1. The first-order valence-corrected chi connectivity index (χ1v) is 9.46. The molecule has 0 spiro atoms. The molecule has 0 bridgehead atoms. The summed E-state index contributed by atoms with van der Waals surface area (Å²) in [6.07, 6.45) is 3.97. The van der Waals surface area contributed by atoms with E-state index in [1.165, 1.54) is 22.0 Å². The molecule has 0 aliphatic heterocycles. The molecule has 6 heteroatoms. The van der Waals surface area contributed by atoms with Crippen LogP contribution in [0.2, 0.25) is 0 Å². The van der Waals surface area contributed by atoms with Crippen molar-refractivity contribution in [3.8, 4) is 0 Å². The Morgan fingerprint density at radius 1 is 1.20 bits per heavy atom. The van der Waals surface area contributed by atoms with Gasteiger partial charge >= 0.3 is 0 Å². The number of aliphatic imine (C=N–C) groups is 1. The number of thiazole rings is 1. The molecule has 3 N–H and O–H groups in total. The van der Waals surface area contributed by atoms with Crippen molar-refractivity contribution in [3.05, 3.63) is 51.6 Å². The minimum absolute atomic E-state index is 0.828. The van der Waals surface area contributed by atoms with Crippen LogP contribution in [0.5, 0.6) is 0 Å². The lowest BCUT2D eigenvalue weighted by Gasteiger charge is -2.11. The highest BCUT2D eigenvalue weighted by Crippen LogP contribution is 2.21. The van der Waals surface area contributed by atoms with Crippen LogP contribution < -0.4 is 10.6 Å². The second-order valence-electron chi connectivity index (χ2n) is 6.10. The second kappa shape index (κ2) is 8.16. The number of aromatic nitrogens is 2. The molecule has 2 aromatic heterocycles. The Bertz CT molecular complexity index is 862. The number of rotatable bonds is 6. The highest BCUT2D eigenvalue weighted by atomic mass is 32.1. The summed E-state index contributed by atoms with van der Waals surface area (Å²) in [4.78, 5) is 12.2. The predicted molar refractivity (Wildman–Crippen MR) is 107 cm³/mol. The first-order chi connectivity index (χ1) is 12.2. The zero-order valence-electron chi connectivity index (χ0n) is 15.0. The summed E-state index contributed by atoms with van der Waals surface area (Å²) in [5, 5.41) is 11.3. The number of H-pyrrole nitrogens is 1. The van der Waals surface area contributed by atoms with Gasteiger partial charge in [-0.1, -0.05) is 18.2 Å². The van der Waals surface area contributed by atoms with Gasteiger partial charge in [-0.15, -0.1) is 11.3 Å². The van der Waals surface area contributed by atoms with Crippen LogP contribution in [-0.4, -0.2) is 36.1 Å². The molecule has 132 valence electrons. The predicted octanol–water partition coefficient (Wildman–Crippen LogP) is 3.19. The highest BCUT2D eigenvalue weighted by Gasteiger charge is 2.06. The third-order valence-corrected chi connectivity index (χ3v) is 5.08. The third kappa shape index (κ3) is 4.39. The third-order valence-electron chi connectivity index (χ3n) is 4.26. The molecule has 3 rings (SSSR count). The van der Waals surface area contributed by atoms with Gasteiger partial charge in [-0.25, -0.2) is 4.98 Å². The number of nitrogens with zero attached hydrogens (tertiary/aromatic N) is 2. The van der Waals surface area contributed by atoms with Crippen LogP contribution in [0, 0.1) is 13.8 Å². The van der Waals surface area contributed by atoms with Crippen molar-refractivity contribution < 1.29 is 0 Å². The standard InChI is InChI=1S/C19H25N5S/c1-13-5-4-6-17-15(11-23-18(13)17)7-9-21-19(20-3)22-10-8-16-12-25-14(2)24-16/h4-6,11-12,23H,7-10H2,1-3H3,(H2,20,21,22). The quantitative estimate of drug-likeness (QED) is 0.470. The zero-order chi connectivity index (χ0) is 17.6. The molecule has 0 saturated carbocycles. The molecule has 0 amide bonds. The molecular weight excluding hydrogens is 330 g/mol. The van der Waals surface area contributed by atoms with Gasteiger partial charge in [0.25, 0.3) is 0 Å². The molecule has 0 fully saturated rings. The lowest BCUT2D eigenvalue weighted by molar-refractivity contribution is 0.778. The number of hydrogen-bond acceptors (Lipinski definition) is 3. The van der Waals surface area contributed by atoms with Gasteiger partial charge in [0.1, 0.15) is 0 Å². The fourth-order valence-corrected chi connectivity index (χ4v) is 3.59. The van der Waals surface area contributed by atoms with E-state index in [0.717, 1.165) is 42.6 Å². The number of nitrogens with one attached hydrogen (secondary N) is 3. The molecule has 3 aromatic rings. The number of aryl methyl sites for hydroxylation is 2. The normalized spacial score (nSPS) is 11.9. The molecular formula is C19H25N5S. The van der Waals surface area contributed by atoms with Gasteiger partial charge in [-0.2, -0.15) is 0 Å². The molecule has 0 aliphatic carbocycles. The lowest BCUT2D eigenvalue weighted by atomic mass is 10.1. The van der Waals surface area contributed by atoms with E-state index in [1.54, 1.807) is 18.4 Å². The van der Waals surface area contributed by atoms with Gasteiger partial charge < -0.3 is 15.6 Å². The lowest BCUT2D eigenvalue weighted by Crippen LogP contribution is -2.39. The maximum absolute atomic E-state index is 4.48. The van der Waals surface area contributed by atoms with E-state index in [2.05, 4.69) is 62.3 Å². The minimum atomic E-state index is 0.828. The molecule has 1 aromatic carbocycles. The Kier molecular flexibility index (Phi) is 5.71. The monoisotopic (exact) mass is 355 g/mol. The number of para-hydroxylation sites is 1. The van der Waals surface area contributed by atoms with E-state index in [-0.39, 0.29) is 0 Å². The van der Waals surface area contributed by atoms with Crippen LogP contribution >= 0.6 is 11.3 Å². The first-order valence-electron chi connectivity index (χ1n) is 8.58. The van der Waals surface area contributed by atoms with Crippen molar-refractivity contribution in [1.82, 2.24) is 20.6 Å². The Hall–Kier alpha value is -2.34. The van der Waals surface area contributed by atoms with Gasteiger partial charge in [-0.05, 0) is 31.4 Å². The number of benzene rings is 1. The summed E-state index contributed by atoms with van der Waals surface area (Å²) in [6, 6.07) is 6.43. The largest absolute Gasteiger partial charge is 0.361 e. The van der Waals surface area contributed by atoms with E-state index in [0.29, 0.717) is 0 Å². The van der Waals surface area contributed by atoms with Crippen molar-refractivity contribution in [2.45, 2.75) is 26.7 Å². The Balaban J connectivity index is 1.47. The maximum atomic E-state index is 4.48. The fourth-order valence-electron chi connectivity index (χ4n) is 2.94. The molecule has 0 unspecified atom stereocenters. The van der Waals surface area contributed by atoms with Gasteiger partial charge in [-0.3, -0.25) is 4.99 Å². The number of aromatic amines is 1. The molecule has 25 heavy (non-hydrogen) atoms. The van der Waals surface area contributed by atoms with E-state index >= 15 is 0 Å². The van der Waals surface area contributed by atoms with Crippen LogP contribution in [0.4, 0.5) is 0 Å².